The highest BCUT2D eigenvalue weighted by Gasteiger charge is 2.25. The summed E-state index contributed by atoms with van der Waals surface area (Å²) in [6, 6.07) is 0.351. The van der Waals surface area contributed by atoms with Crippen LogP contribution in [0, 0.1) is 0 Å². The Morgan fingerprint density at radius 3 is 3.00 bits per heavy atom. The van der Waals surface area contributed by atoms with Crippen LogP contribution in [0.4, 0.5) is 5.69 Å². The van der Waals surface area contributed by atoms with E-state index in [-0.39, 0.29) is 5.56 Å². The second-order valence-electron chi connectivity index (χ2n) is 5.27. The first-order valence-corrected chi connectivity index (χ1v) is 8.00. The van der Waals surface area contributed by atoms with Crippen molar-refractivity contribution in [3.63, 3.8) is 0 Å². The molecule has 112 valence electrons. The largest absolute Gasteiger partial charge is 0.381 e. The monoisotopic (exact) mass is 343 g/mol. The number of nitrogens with zero attached hydrogens (tertiary/aromatic N) is 2. The molecule has 0 aromatic carbocycles. The fraction of sp³-hybridized carbons (Fsp3) is 0.714. The minimum atomic E-state index is -0.0651. The summed E-state index contributed by atoms with van der Waals surface area (Å²) in [4.78, 5) is 12.2. The van der Waals surface area contributed by atoms with Gasteiger partial charge in [0.15, 0.2) is 0 Å². The molecule has 1 aromatic rings. The van der Waals surface area contributed by atoms with Gasteiger partial charge in [0.2, 0.25) is 0 Å². The molecular weight excluding hydrogens is 322 g/mol. The second kappa shape index (κ2) is 7.22. The number of nitrogens with one attached hydrogen (secondary N) is 1. The summed E-state index contributed by atoms with van der Waals surface area (Å²) in [7, 11) is 1.75. The highest BCUT2D eigenvalue weighted by atomic mass is 79.9. The van der Waals surface area contributed by atoms with Crippen molar-refractivity contribution in [1.29, 1.82) is 0 Å². The lowest BCUT2D eigenvalue weighted by Gasteiger charge is -2.16. The van der Waals surface area contributed by atoms with Gasteiger partial charge in [-0.05, 0) is 41.6 Å². The Balaban J connectivity index is 2.06. The summed E-state index contributed by atoms with van der Waals surface area (Å²) in [6.45, 7) is 2.77. The SMILES string of the molecule is CCCCn1ncc(NC2CCC(OC)C2)c(Br)c1=O. The molecule has 0 bridgehead atoms. The Bertz CT molecular complexity index is 504. The van der Waals surface area contributed by atoms with Crippen LogP contribution in [-0.2, 0) is 11.3 Å². The van der Waals surface area contributed by atoms with E-state index < -0.39 is 0 Å². The molecule has 1 aromatic heterocycles. The molecule has 1 saturated carbocycles. The zero-order valence-electron chi connectivity index (χ0n) is 12.1. The van der Waals surface area contributed by atoms with Crippen molar-refractivity contribution in [1.82, 2.24) is 9.78 Å². The number of ether oxygens (including phenoxy) is 1. The first-order chi connectivity index (χ1) is 9.65. The zero-order chi connectivity index (χ0) is 14.5. The molecule has 0 radical (unpaired) electrons. The second-order valence-corrected chi connectivity index (χ2v) is 6.06. The smallest absolute Gasteiger partial charge is 0.283 e. The number of rotatable bonds is 6. The standard InChI is InChI=1S/C14H22BrN3O2/c1-3-4-7-18-14(19)13(15)12(9-16-18)17-10-5-6-11(8-10)20-2/h9-11,17H,3-8H2,1-2H3. The van der Waals surface area contributed by atoms with E-state index >= 15 is 0 Å². The van der Waals surface area contributed by atoms with Crippen LogP contribution in [-0.4, -0.2) is 29.0 Å². The number of methoxy groups -OCH3 is 1. The molecule has 20 heavy (non-hydrogen) atoms. The van der Waals surface area contributed by atoms with E-state index in [4.69, 9.17) is 4.74 Å². The third kappa shape index (κ3) is 3.61. The van der Waals surface area contributed by atoms with Gasteiger partial charge in [0.1, 0.15) is 4.47 Å². The van der Waals surface area contributed by atoms with Crippen molar-refractivity contribution < 1.29 is 4.74 Å². The van der Waals surface area contributed by atoms with Crippen molar-refractivity contribution in [3.05, 3.63) is 21.0 Å². The van der Waals surface area contributed by atoms with E-state index in [0.717, 1.165) is 37.8 Å². The maximum absolute atomic E-state index is 12.2. The Morgan fingerprint density at radius 1 is 1.55 bits per heavy atom. The molecule has 5 nitrogen and oxygen atoms in total. The van der Waals surface area contributed by atoms with Gasteiger partial charge in [0, 0.05) is 19.7 Å². The predicted molar refractivity (Wildman–Crippen MR) is 83.2 cm³/mol. The van der Waals surface area contributed by atoms with Crippen molar-refractivity contribution in [2.45, 2.75) is 57.7 Å². The fourth-order valence-corrected chi connectivity index (χ4v) is 2.96. The van der Waals surface area contributed by atoms with Crippen LogP contribution in [0.2, 0.25) is 0 Å². The summed E-state index contributed by atoms with van der Waals surface area (Å²) in [5, 5.41) is 7.63. The van der Waals surface area contributed by atoms with E-state index in [9.17, 15) is 4.79 Å². The normalized spacial score (nSPS) is 22.1. The average Bonchev–Trinajstić information content (AvgIpc) is 2.91. The Morgan fingerprint density at radius 2 is 2.35 bits per heavy atom. The number of unbranched alkanes of at least 4 members (excludes halogenated alkanes) is 1. The van der Waals surface area contributed by atoms with E-state index in [1.54, 1.807) is 13.3 Å². The minimum absolute atomic E-state index is 0.0651. The van der Waals surface area contributed by atoms with Gasteiger partial charge >= 0.3 is 0 Å². The molecule has 1 heterocycles. The maximum Gasteiger partial charge on any atom is 0.283 e. The van der Waals surface area contributed by atoms with Crippen LogP contribution in [0.5, 0.6) is 0 Å². The lowest BCUT2D eigenvalue weighted by Crippen LogP contribution is -2.26. The zero-order valence-corrected chi connectivity index (χ0v) is 13.6. The molecule has 0 spiro atoms. The molecule has 0 amide bonds. The van der Waals surface area contributed by atoms with Gasteiger partial charge in [-0.1, -0.05) is 13.3 Å². The summed E-state index contributed by atoms with van der Waals surface area (Å²) in [5.41, 5.74) is 0.717. The van der Waals surface area contributed by atoms with Gasteiger partial charge in [0.05, 0.1) is 18.0 Å². The van der Waals surface area contributed by atoms with Crippen molar-refractivity contribution in [2.24, 2.45) is 0 Å². The average molecular weight is 344 g/mol. The summed E-state index contributed by atoms with van der Waals surface area (Å²) < 4.78 is 7.46. The van der Waals surface area contributed by atoms with Gasteiger partial charge in [-0.25, -0.2) is 4.68 Å². The van der Waals surface area contributed by atoms with E-state index in [0.29, 0.717) is 23.2 Å². The van der Waals surface area contributed by atoms with Gasteiger partial charge in [-0.3, -0.25) is 4.79 Å². The van der Waals surface area contributed by atoms with Crippen LogP contribution in [0.1, 0.15) is 39.0 Å². The molecule has 0 aliphatic heterocycles. The maximum atomic E-state index is 12.2. The molecular formula is C14H22BrN3O2. The van der Waals surface area contributed by atoms with Crippen LogP contribution < -0.4 is 10.9 Å². The summed E-state index contributed by atoms with van der Waals surface area (Å²) in [5.74, 6) is 0. The Kier molecular flexibility index (Phi) is 5.60. The van der Waals surface area contributed by atoms with Crippen LogP contribution in [0.15, 0.2) is 15.5 Å². The number of aromatic nitrogens is 2. The van der Waals surface area contributed by atoms with Gasteiger partial charge in [-0.2, -0.15) is 5.10 Å². The van der Waals surface area contributed by atoms with Gasteiger partial charge in [-0.15, -0.1) is 0 Å². The molecule has 2 atom stereocenters. The molecule has 2 rings (SSSR count). The number of aryl methyl sites for hydroxylation is 1. The van der Waals surface area contributed by atoms with Crippen LogP contribution in [0.3, 0.4) is 0 Å². The van der Waals surface area contributed by atoms with Crippen LogP contribution >= 0.6 is 15.9 Å². The number of hydrogen-bond acceptors (Lipinski definition) is 4. The van der Waals surface area contributed by atoms with Crippen molar-refractivity contribution in [3.8, 4) is 0 Å². The molecule has 1 aliphatic carbocycles. The topological polar surface area (TPSA) is 56.1 Å². The number of anilines is 1. The first-order valence-electron chi connectivity index (χ1n) is 7.20. The highest BCUT2D eigenvalue weighted by molar-refractivity contribution is 9.10. The van der Waals surface area contributed by atoms with Crippen molar-refractivity contribution >= 4 is 21.6 Å². The van der Waals surface area contributed by atoms with Gasteiger partial charge in [0.25, 0.3) is 5.56 Å². The molecule has 1 N–H and O–H groups in total. The third-order valence-corrected chi connectivity index (χ3v) is 4.55. The lowest BCUT2D eigenvalue weighted by molar-refractivity contribution is 0.108. The minimum Gasteiger partial charge on any atom is -0.381 e. The Labute approximate surface area is 127 Å². The summed E-state index contributed by atoms with van der Waals surface area (Å²) in [6.07, 6.45) is 7.17. The summed E-state index contributed by atoms with van der Waals surface area (Å²) >= 11 is 3.40. The molecule has 6 heteroatoms. The predicted octanol–water partition coefficient (Wildman–Crippen LogP) is 2.79. The van der Waals surface area contributed by atoms with E-state index in [1.807, 2.05) is 0 Å². The van der Waals surface area contributed by atoms with E-state index in [2.05, 4.69) is 33.3 Å². The molecule has 2 unspecified atom stereocenters. The number of hydrogen-bond donors (Lipinski definition) is 1. The first kappa shape index (κ1) is 15.5. The molecule has 1 aliphatic rings. The highest BCUT2D eigenvalue weighted by Crippen LogP contribution is 2.26. The Hall–Kier alpha value is -0.880. The fourth-order valence-electron chi connectivity index (χ4n) is 2.54. The van der Waals surface area contributed by atoms with Crippen molar-refractivity contribution in [2.75, 3.05) is 12.4 Å². The molecule has 1 fully saturated rings. The number of halogens is 1. The molecule has 0 saturated heterocycles. The van der Waals surface area contributed by atoms with Crippen LogP contribution in [0.25, 0.3) is 0 Å². The van der Waals surface area contributed by atoms with E-state index in [1.165, 1.54) is 4.68 Å². The quantitative estimate of drug-likeness (QED) is 0.862. The lowest BCUT2D eigenvalue weighted by atomic mass is 10.2. The third-order valence-electron chi connectivity index (χ3n) is 3.79. The van der Waals surface area contributed by atoms with Gasteiger partial charge < -0.3 is 10.1 Å².